The Morgan fingerprint density at radius 1 is 0.829 bits per heavy atom. The van der Waals surface area contributed by atoms with Crippen molar-refractivity contribution in [1.29, 1.82) is 0 Å². The number of carbonyl (C=O) groups is 2. The van der Waals surface area contributed by atoms with E-state index in [4.69, 9.17) is 56.9 Å². The molecule has 3 N–H and O–H groups in total. The fourth-order valence-electron chi connectivity index (χ4n) is 4.00. The number of anilines is 2. The molecule has 1 heterocycles. The number of Topliss-reactive ketones (excluding diaryl/α,β-unsaturated/α-hetero) is 2. The molecule has 5 rings (SSSR count). The number of benzene rings is 3. The number of nitrogens with one attached hydrogen (secondary N) is 1. The van der Waals surface area contributed by atoms with E-state index < -0.39 is 17.5 Å². The van der Waals surface area contributed by atoms with Crippen LogP contribution in [-0.4, -0.2) is 23.3 Å². The van der Waals surface area contributed by atoms with Gasteiger partial charge in [0.05, 0.1) is 48.1 Å². The minimum atomic E-state index is -1.21. The normalized spacial score (nSPS) is 13.4. The summed E-state index contributed by atoms with van der Waals surface area (Å²) in [7, 11) is 0. The Labute approximate surface area is 219 Å². The lowest BCUT2D eigenvalue weighted by Crippen LogP contribution is -2.15. The lowest BCUT2D eigenvalue weighted by Gasteiger charge is -2.13. The largest absolute Gasteiger partial charge is 0.473 e. The van der Waals surface area contributed by atoms with Gasteiger partial charge < -0.3 is 15.8 Å². The third kappa shape index (κ3) is 4.06. The maximum Gasteiger partial charge on any atom is 0.182 e. The van der Waals surface area contributed by atoms with Crippen LogP contribution in [0.1, 0.15) is 32.3 Å². The van der Waals surface area contributed by atoms with E-state index in [1.165, 1.54) is 0 Å². The summed E-state index contributed by atoms with van der Waals surface area (Å²) in [6, 6.07) is 16.0. The van der Waals surface area contributed by atoms with E-state index in [-0.39, 0.29) is 43.6 Å². The standard InChI is InChI=1S/C25H15Cl4N3O3/c26-19-17-18(20(27)22(29)21(19)28)25(34)16(24(17)33)14-9-4-11-2-1-3-15(23(11)32-14)31-10-35-13-7-5-12(30)6-8-13/h1-9,16,31H,10,30H2. The number of hydrogen-bond acceptors (Lipinski definition) is 6. The van der Waals surface area contributed by atoms with Crippen LogP contribution in [-0.2, 0) is 0 Å². The lowest BCUT2D eigenvalue weighted by atomic mass is 9.98. The molecule has 35 heavy (non-hydrogen) atoms. The summed E-state index contributed by atoms with van der Waals surface area (Å²) in [6.45, 7) is 0.157. The average molecular weight is 547 g/mol. The monoisotopic (exact) mass is 545 g/mol. The van der Waals surface area contributed by atoms with E-state index in [1.807, 2.05) is 18.2 Å². The first-order valence-corrected chi connectivity index (χ1v) is 11.9. The number of para-hydroxylation sites is 1. The van der Waals surface area contributed by atoms with Gasteiger partial charge >= 0.3 is 0 Å². The first-order chi connectivity index (χ1) is 16.8. The molecule has 0 atom stereocenters. The zero-order valence-electron chi connectivity index (χ0n) is 17.7. The molecule has 0 saturated carbocycles. The minimum absolute atomic E-state index is 0.0359. The molecule has 1 aliphatic rings. The summed E-state index contributed by atoms with van der Waals surface area (Å²) in [5.74, 6) is -1.62. The molecule has 1 aliphatic carbocycles. The number of nitrogens with two attached hydrogens (primary N) is 1. The van der Waals surface area contributed by atoms with Gasteiger partial charge in [0.25, 0.3) is 0 Å². The van der Waals surface area contributed by atoms with Gasteiger partial charge in [0, 0.05) is 11.1 Å². The van der Waals surface area contributed by atoms with Crippen molar-refractivity contribution in [1.82, 2.24) is 4.98 Å². The molecule has 176 valence electrons. The van der Waals surface area contributed by atoms with Gasteiger partial charge in [-0.1, -0.05) is 64.6 Å². The second kappa shape index (κ2) is 9.21. The van der Waals surface area contributed by atoms with Crippen LogP contribution < -0.4 is 15.8 Å². The predicted octanol–water partition coefficient (Wildman–Crippen LogP) is 7.04. The quantitative estimate of drug-likeness (QED) is 0.0916. The summed E-state index contributed by atoms with van der Waals surface area (Å²) in [5.41, 5.74) is 7.76. The summed E-state index contributed by atoms with van der Waals surface area (Å²) >= 11 is 24.8. The van der Waals surface area contributed by atoms with Crippen LogP contribution in [0.5, 0.6) is 5.75 Å². The third-order valence-corrected chi connectivity index (χ3v) is 7.51. The second-order valence-corrected chi connectivity index (χ2v) is 9.33. The molecule has 1 aromatic heterocycles. The van der Waals surface area contributed by atoms with Crippen LogP contribution in [0.15, 0.2) is 54.6 Å². The molecule has 6 nitrogen and oxygen atoms in total. The second-order valence-electron chi connectivity index (χ2n) is 7.82. The minimum Gasteiger partial charge on any atom is -0.473 e. The van der Waals surface area contributed by atoms with Crippen LogP contribution in [0.3, 0.4) is 0 Å². The smallest absolute Gasteiger partial charge is 0.182 e. The van der Waals surface area contributed by atoms with E-state index in [0.717, 1.165) is 5.39 Å². The van der Waals surface area contributed by atoms with Gasteiger partial charge in [0.1, 0.15) is 11.7 Å². The number of ether oxygens (including phenoxy) is 1. The summed E-state index contributed by atoms with van der Waals surface area (Å²) in [4.78, 5) is 31.2. The number of halogens is 4. The zero-order chi connectivity index (χ0) is 24.9. The summed E-state index contributed by atoms with van der Waals surface area (Å²) in [5, 5.41) is 3.65. The number of aromatic nitrogens is 1. The van der Waals surface area contributed by atoms with Gasteiger partial charge in [-0.25, -0.2) is 4.98 Å². The molecule has 10 heteroatoms. The highest BCUT2D eigenvalue weighted by molar-refractivity contribution is 6.55. The zero-order valence-corrected chi connectivity index (χ0v) is 20.8. The molecular weight excluding hydrogens is 532 g/mol. The number of ketones is 2. The Bertz CT molecular complexity index is 1480. The molecule has 0 aliphatic heterocycles. The third-order valence-electron chi connectivity index (χ3n) is 5.70. The number of nitrogen functional groups attached to an aromatic ring is 1. The van der Waals surface area contributed by atoms with Crippen molar-refractivity contribution in [3.8, 4) is 5.75 Å². The van der Waals surface area contributed by atoms with Gasteiger partial charge in [0.15, 0.2) is 18.3 Å². The average Bonchev–Trinajstić information content (AvgIpc) is 3.12. The number of pyridine rings is 1. The van der Waals surface area contributed by atoms with E-state index >= 15 is 0 Å². The first kappa shape index (κ1) is 23.7. The van der Waals surface area contributed by atoms with E-state index in [9.17, 15) is 9.59 Å². The Hall–Kier alpha value is -3.03. The topological polar surface area (TPSA) is 94.3 Å². The van der Waals surface area contributed by atoms with Gasteiger partial charge in [-0.3, -0.25) is 9.59 Å². The van der Waals surface area contributed by atoms with Crippen molar-refractivity contribution in [3.05, 3.63) is 91.5 Å². The Balaban J connectivity index is 1.48. The highest BCUT2D eigenvalue weighted by atomic mass is 35.5. The van der Waals surface area contributed by atoms with E-state index in [1.54, 1.807) is 36.4 Å². The molecule has 4 aromatic rings. The van der Waals surface area contributed by atoms with E-state index in [0.29, 0.717) is 22.6 Å². The summed E-state index contributed by atoms with van der Waals surface area (Å²) < 4.78 is 5.71. The van der Waals surface area contributed by atoms with Crippen LogP contribution in [0.2, 0.25) is 20.1 Å². The Morgan fingerprint density at radius 2 is 1.46 bits per heavy atom. The lowest BCUT2D eigenvalue weighted by molar-refractivity contribution is 0.0888. The van der Waals surface area contributed by atoms with Crippen molar-refractivity contribution in [3.63, 3.8) is 0 Å². The van der Waals surface area contributed by atoms with Crippen LogP contribution in [0, 0.1) is 0 Å². The fourth-order valence-corrected chi connectivity index (χ4v) is 5.04. The van der Waals surface area contributed by atoms with Crippen molar-refractivity contribution >= 4 is 80.2 Å². The molecule has 0 saturated heterocycles. The molecule has 0 fully saturated rings. The van der Waals surface area contributed by atoms with Crippen molar-refractivity contribution in [2.75, 3.05) is 17.8 Å². The highest BCUT2D eigenvalue weighted by Crippen LogP contribution is 2.48. The van der Waals surface area contributed by atoms with Crippen molar-refractivity contribution in [2.24, 2.45) is 0 Å². The van der Waals surface area contributed by atoms with Crippen molar-refractivity contribution < 1.29 is 14.3 Å². The van der Waals surface area contributed by atoms with Crippen LogP contribution in [0.25, 0.3) is 10.9 Å². The van der Waals surface area contributed by atoms with Gasteiger partial charge in [-0.15, -0.1) is 0 Å². The molecule has 0 unspecified atom stereocenters. The van der Waals surface area contributed by atoms with E-state index in [2.05, 4.69) is 10.3 Å². The molecule has 0 spiro atoms. The number of fused-ring (bicyclic) bond motifs is 2. The molecule has 0 radical (unpaired) electrons. The molecule has 0 amide bonds. The fraction of sp³-hybridized carbons (Fsp3) is 0.0800. The number of carbonyl (C=O) groups excluding carboxylic acids is 2. The van der Waals surface area contributed by atoms with Gasteiger partial charge in [0.2, 0.25) is 0 Å². The van der Waals surface area contributed by atoms with Crippen molar-refractivity contribution in [2.45, 2.75) is 5.92 Å². The van der Waals surface area contributed by atoms with Gasteiger partial charge in [-0.2, -0.15) is 0 Å². The summed E-state index contributed by atoms with van der Waals surface area (Å²) in [6.07, 6.45) is 0. The maximum atomic E-state index is 13.3. The maximum absolute atomic E-state index is 13.3. The number of rotatable bonds is 5. The molecular formula is C25H15Cl4N3O3. The molecule has 0 bridgehead atoms. The molecule has 3 aromatic carbocycles. The van der Waals surface area contributed by atoms with Crippen LogP contribution in [0.4, 0.5) is 11.4 Å². The van der Waals surface area contributed by atoms with Crippen LogP contribution >= 0.6 is 46.4 Å². The Morgan fingerprint density at radius 3 is 2.09 bits per heavy atom. The van der Waals surface area contributed by atoms with Gasteiger partial charge in [-0.05, 0) is 36.4 Å². The number of nitrogens with zero attached hydrogens (tertiary/aromatic N) is 1. The number of hydrogen-bond donors (Lipinski definition) is 2. The Kier molecular flexibility index (Phi) is 6.23. The predicted molar refractivity (Wildman–Crippen MR) is 140 cm³/mol. The highest BCUT2D eigenvalue weighted by Gasteiger charge is 2.45. The SMILES string of the molecule is Nc1ccc(OCNc2cccc3ccc(C4C(=O)c5c(Cl)c(Cl)c(Cl)c(Cl)c5C4=O)nc23)cc1. The first-order valence-electron chi connectivity index (χ1n) is 10.3.